The highest BCUT2D eigenvalue weighted by atomic mass is 35.5. The molecule has 0 bridgehead atoms. The first kappa shape index (κ1) is 41.3. The SMILES string of the molecule is CNC(=O)[C@H](Cc1cccc(Cl)c1)C[C@H](O)[C@H](CC1CCCCC1)NC(=O)C(Cc1c[nH]cn1)NC(=O)C(C)N(C(=O)OC(C)(C)C)c1ccccc1. The number of nitrogens with zero attached hydrogens (tertiary/aromatic N) is 2. The maximum absolute atomic E-state index is 14.3. The zero-order valence-electron chi connectivity index (χ0n) is 31.4. The molecular weight excluding hydrogens is 696 g/mol. The maximum atomic E-state index is 14.3. The fourth-order valence-electron chi connectivity index (χ4n) is 6.89. The minimum absolute atomic E-state index is 0.0491. The first-order valence-electron chi connectivity index (χ1n) is 18.5. The van der Waals surface area contributed by atoms with Gasteiger partial charge in [-0.2, -0.15) is 0 Å². The number of benzene rings is 2. The van der Waals surface area contributed by atoms with Gasteiger partial charge in [0.05, 0.1) is 24.2 Å². The lowest BCUT2D eigenvalue weighted by Gasteiger charge is -2.33. The Hall–Kier alpha value is -4.42. The molecule has 0 saturated heterocycles. The lowest BCUT2D eigenvalue weighted by molar-refractivity contribution is -0.130. The normalized spacial score (nSPS) is 16.4. The van der Waals surface area contributed by atoms with Crippen molar-refractivity contribution in [3.8, 4) is 0 Å². The molecule has 1 aliphatic rings. The molecule has 2 unspecified atom stereocenters. The molecule has 0 spiro atoms. The second kappa shape index (κ2) is 19.6. The van der Waals surface area contributed by atoms with E-state index in [2.05, 4.69) is 25.9 Å². The van der Waals surface area contributed by atoms with E-state index in [0.29, 0.717) is 29.2 Å². The van der Waals surface area contributed by atoms with Crippen LogP contribution in [0.2, 0.25) is 5.02 Å². The van der Waals surface area contributed by atoms with E-state index in [4.69, 9.17) is 16.3 Å². The number of rotatable bonds is 16. The highest BCUT2D eigenvalue weighted by Gasteiger charge is 2.36. The van der Waals surface area contributed by atoms with E-state index in [1.165, 1.54) is 11.2 Å². The van der Waals surface area contributed by atoms with Crippen LogP contribution in [0.15, 0.2) is 67.1 Å². The maximum Gasteiger partial charge on any atom is 0.415 e. The van der Waals surface area contributed by atoms with Crippen molar-refractivity contribution in [3.05, 3.63) is 83.4 Å². The van der Waals surface area contributed by atoms with Gasteiger partial charge in [0.15, 0.2) is 0 Å². The van der Waals surface area contributed by atoms with E-state index in [-0.39, 0.29) is 24.7 Å². The van der Waals surface area contributed by atoms with Crippen LogP contribution < -0.4 is 20.9 Å². The Labute approximate surface area is 317 Å². The molecule has 288 valence electrons. The van der Waals surface area contributed by atoms with Gasteiger partial charge in [-0.3, -0.25) is 19.3 Å². The number of H-pyrrole nitrogens is 1. The molecule has 5 atom stereocenters. The van der Waals surface area contributed by atoms with Gasteiger partial charge < -0.3 is 30.8 Å². The summed E-state index contributed by atoms with van der Waals surface area (Å²) in [7, 11) is 1.56. The Bertz CT molecular complexity index is 1630. The van der Waals surface area contributed by atoms with Gasteiger partial charge in [-0.25, -0.2) is 9.78 Å². The third kappa shape index (κ3) is 12.9. The smallest absolute Gasteiger partial charge is 0.415 e. The number of hydrogen-bond acceptors (Lipinski definition) is 7. The number of aliphatic hydroxyl groups excluding tert-OH is 1. The van der Waals surface area contributed by atoms with Crippen LogP contribution >= 0.6 is 11.6 Å². The number of anilines is 1. The Kier molecular flexibility index (Phi) is 15.3. The van der Waals surface area contributed by atoms with Gasteiger partial charge in [0.25, 0.3) is 0 Å². The fourth-order valence-corrected chi connectivity index (χ4v) is 7.10. The molecule has 3 aromatic rings. The number of carbonyl (C=O) groups is 4. The molecule has 13 heteroatoms. The molecule has 4 rings (SSSR count). The van der Waals surface area contributed by atoms with Crippen molar-refractivity contribution < 1.29 is 29.0 Å². The minimum Gasteiger partial charge on any atom is -0.443 e. The van der Waals surface area contributed by atoms with Crippen molar-refractivity contribution in [3.63, 3.8) is 0 Å². The summed E-state index contributed by atoms with van der Waals surface area (Å²) >= 11 is 6.23. The third-order valence-electron chi connectivity index (χ3n) is 9.61. The van der Waals surface area contributed by atoms with Crippen molar-refractivity contribution in [2.24, 2.45) is 11.8 Å². The van der Waals surface area contributed by atoms with Crippen LogP contribution in [0.4, 0.5) is 10.5 Å². The molecule has 0 aliphatic heterocycles. The number of halogens is 1. The summed E-state index contributed by atoms with van der Waals surface area (Å²) in [6, 6.07) is 13.1. The van der Waals surface area contributed by atoms with Gasteiger partial charge in [-0.1, -0.05) is 74.0 Å². The van der Waals surface area contributed by atoms with Gasteiger partial charge in [-0.15, -0.1) is 0 Å². The molecule has 2 aromatic carbocycles. The van der Waals surface area contributed by atoms with E-state index in [1.54, 1.807) is 83.4 Å². The van der Waals surface area contributed by atoms with E-state index in [0.717, 1.165) is 37.7 Å². The van der Waals surface area contributed by atoms with Crippen LogP contribution in [0.3, 0.4) is 0 Å². The van der Waals surface area contributed by atoms with Crippen molar-refractivity contribution >= 4 is 41.1 Å². The minimum atomic E-state index is -1.10. The number of para-hydroxylation sites is 1. The van der Waals surface area contributed by atoms with Crippen molar-refractivity contribution in [1.29, 1.82) is 0 Å². The molecule has 1 heterocycles. The number of aliphatic hydroxyl groups is 1. The predicted octanol–water partition coefficient (Wildman–Crippen LogP) is 5.73. The van der Waals surface area contributed by atoms with Crippen molar-refractivity contribution in [1.82, 2.24) is 25.9 Å². The Morgan fingerprint density at radius 2 is 1.70 bits per heavy atom. The van der Waals surface area contributed by atoms with Gasteiger partial charge in [-0.05, 0) is 82.7 Å². The summed E-state index contributed by atoms with van der Waals surface area (Å²) in [5.74, 6) is -1.62. The zero-order chi connectivity index (χ0) is 38.5. The highest BCUT2D eigenvalue weighted by Crippen LogP contribution is 2.30. The molecule has 5 N–H and O–H groups in total. The molecule has 12 nitrogen and oxygen atoms in total. The van der Waals surface area contributed by atoms with E-state index in [9.17, 15) is 24.3 Å². The molecule has 1 aromatic heterocycles. The average Bonchev–Trinajstić information content (AvgIpc) is 3.64. The number of aromatic nitrogens is 2. The molecule has 0 radical (unpaired) electrons. The summed E-state index contributed by atoms with van der Waals surface area (Å²) in [6.07, 6.45) is 7.62. The first-order valence-corrected chi connectivity index (χ1v) is 18.9. The Morgan fingerprint density at radius 3 is 2.32 bits per heavy atom. The van der Waals surface area contributed by atoms with Crippen LogP contribution in [0.25, 0.3) is 0 Å². The predicted molar refractivity (Wildman–Crippen MR) is 205 cm³/mol. The summed E-state index contributed by atoms with van der Waals surface area (Å²) in [5, 5.41) is 21.0. The van der Waals surface area contributed by atoms with Gasteiger partial charge in [0, 0.05) is 36.3 Å². The summed E-state index contributed by atoms with van der Waals surface area (Å²) in [6.45, 7) is 6.81. The van der Waals surface area contributed by atoms with Crippen LogP contribution in [0, 0.1) is 11.8 Å². The summed E-state index contributed by atoms with van der Waals surface area (Å²) < 4.78 is 5.66. The average molecular weight is 751 g/mol. The molecule has 53 heavy (non-hydrogen) atoms. The molecule has 1 fully saturated rings. The fraction of sp³-hybridized carbons (Fsp3) is 0.525. The van der Waals surface area contributed by atoms with Crippen LogP contribution in [-0.2, 0) is 32.0 Å². The largest absolute Gasteiger partial charge is 0.443 e. The monoisotopic (exact) mass is 750 g/mol. The number of amides is 4. The lowest BCUT2D eigenvalue weighted by atomic mass is 9.81. The number of nitrogens with one attached hydrogen (secondary N) is 4. The summed E-state index contributed by atoms with van der Waals surface area (Å²) in [4.78, 5) is 63.2. The quantitative estimate of drug-likeness (QED) is 0.125. The molecular formula is C40H55ClN6O6. The number of hydrogen-bond donors (Lipinski definition) is 5. The number of imidazole rings is 1. The van der Waals surface area contributed by atoms with Crippen molar-refractivity contribution in [2.45, 2.75) is 115 Å². The summed E-state index contributed by atoms with van der Waals surface area (Å²) in [5.41, 5.74) is 1.03. The van der Waals surface area contributed by atoms with E-state index in [1.807, 2.05) is 12.1 Å². The standard InChI is InChI=1S/C40H55ClN6O6/c1-26(47(32-17-10-7-11-18-32)39(52)53-40(2,3)4)36(49)46-34(23-31-24-43-25-44-31)38(51)45-33(21-27-13-8-6-9-14-27)35(48)22-29(37(50)42-5)19-28-15-12-16-30(41)20-28/h7,10-12,15-18,20,24-27,29,33-35,48H,6,8-9,13-14,19,21-23H2,1-5H3,(H,42,50)(H,43,44)(H,45,51)(H,46,49)/t26?,29-,33+,34?,35+/m1/s1. The van der Waals surface area contributed by atoms with Gasteiger partial charge in [0.1, 0.15) is 17.7 Å². The third-order valence-corrected chi connectivity index (χ3v) is 9.85. The molecule has 1 saturated carbocycles. The molecule has 1 aliphatic carbocycles. The van der Waals surface area contributed by atoms with Crippen LogP contribution in [-0.4, -0.2) is 75.8 Å². The first-order chi connectivity index (χ1) is 25.2. The Balaban J connectivity index is 1.58. The second-order valence-electron chi connectivity index (χ2n) is 15.0. The molecule has 4 amide bonds. The van der Waals surface area contributed by atoms with E-state index >= 15 is 0 Å². The van der Waals surface area contributed by atoms with Crippen molar-refractivity contribution in [2.75, 3.05) is 11.9 Å². The van der Waals surface area contributed by atoms with Gasteiger partial charge >= 0.3 is 6.09 Å². The van der Waals surface area contributed by atoms with E-state index < -0.39 is 53.7 Å². The number of aromatic amines is 1. The second-order valence-corrected chi connectivity index (χ2v) is 15.4. The van der Waals surface area contributed by atoms with Crippen LogP contribution in [0.1, 0.15) is 83.9 Å². The zero-order valence-corrected chi connectivity index (χ0v) is 32.2. The Morgan fingerprint density at radius 1 is 0.981 bits per heavy atom. The lowest BCUT2D eigenvalue weighted by Crippen LogP contribution is -2.57. The van der Waals surface area contributed by atoms with Crippen LogP contribution in [0.5, 0.6) is 0 Å². The highest BCUT2D eigenvalue weighted by molar-refractivity contribution is 6.30. The number of carbonyl (C=O) groups excluding carboxylic acids is 4. The number of ether oxygens (including phenoxy) is 1. The topological polar surface area (TPSA) is 166 Å². The van der Waals surface area contributed by atoms with Gasteiger partial charge in [0.2, 0.25) is 17.7 Å².